The third kappa shape index (κ3) is 3.98. The molecule has 1 aromatic rings. The van der Waals surface area contributed by atoms with Crippen molar-refractivity contribution in [1.29, 1.82) is 0 Å². The van der Waals surface area contributed by atoms with Crippen LogP contribution in [0, 0.1) is 17.6 Å². The number of halogens is 2. The van der Waals surface area contributed by atoms with Crippen LogP contribution in [0.4, 0.5) is 8.78 Å². The zero-order valence-electron chi connectivity index (χ0n) is 12.0. The molecule has 0 saturated carbocycles. The van der Waals surface area contributed by atoms with Gasteiger partial charge in [-0.1, -0.05) is 19.9 Å². The van der Waals surface area contributed by atoms with Gasteiger partial charge in [-0.3, -0.25) is 4.79 Å². The van der Waals surface area contributed by atoms with Gasteiger partial charge in [0.05, 0.1) is 0 Å². The molecule has 8 heteroatoms. The van der Waals surface area contributed by atoms with E-state index in [1.165, 1.54) is 6.92 Å². The van der Waals surface area contributed by atoms with Crippen LogP contribution in [-0.2, 0) is 14.8 Å². The van der Waals surface area contributed by atoms with Crippen LogP contribution in [0.15, 0.2) is 23.1 Å². The third-order valence-electron chi connectivity index (χ3n) is 2.91. The van der Waals surface area contributed by atoms with Gasteiger partial charge in [-0.2, -0.15) is 4.72 Å². The summed E-state index contributed by atoms with van der Waals surface area (Å²) in [4.78, 5) is 10.4. The molecule has 0 spiro atoms. The molecule has 118 valence electrons. The van der Waals surface area contributed by atoms with Crippen molar-refractivity contribution >= 4 is 15.9 Å². The Hall–Kier alpha value is -1.54. The number of nitrogens with two attached hydrogens (primary N) is 1. The molecule has 0 aliphatic heterocycles. The Morgan fingerprint density at radius 2 is 1.81 bits per heavy atom. The molecule has 1 aromatic carbocycles. The van der Waals surface area contributed by atoms with E-state index in [0.717, 1.165) is 18.2 Å². The first-order valence-electron chi connectivity index (χ1n) is 6.27. The van der Waals surface area contributed by atoms with E-state index in [-0.39, 0.29) is 12.3 Å². The molecule has 0 aliphatic rings. The molecule has 0 radical (unpaired) electrons. The largest absolute Gasteiger partial charge is 0.368 e. The maximum Gasteiger partial charge on any atom is 0.247 e. The molecule has 3 N–H and O–H groups in total. The lowest BCUT2D eigenvalue weighted by Crippen LogP contribution is -2.56. The van der Waals surface area contributed by atoms with E-state index in [2.05, 4.69) is 0 Å². The first-order valence-corrected chi connectivity index (χ1v) is 7.76. The SMILES string of the molecule is CC(C)C[C@@](C)(NS(=O)(=O)c1c(F)cccc1F)C(N)=O. The highest BCUT2D eigenvalue weighted by Crippen LogP contribution is 2.23. The molecule has 5 nitrogen and oxygen atoms in total. The van der Waals surface area contributed by atoms with Gasteiger partial charge in [0.15, 0.2) is 4.90 Å². The monoisotopic (exact) mass is 320 g/mol. The molecule has 1 rings (SSSR count). The predicted molar refractivity (Wildman–Crippen MR) is 73.7 cm³/mol. The van der Waals surface area contributed by atoms with Crippen molar-refractivity contribution in [2.75, 3.05) is 0 Å². The first kappa shape index (κ1) is 17.5. The third-order valence-corrected chi connectivity index (χ3v) is 4.55. The molecule has 0 aliphatic carbocycles. The summed E-state index contributed by atoms with van der Waals surface area (Å²) in [5, 5.41) is 0. The van der Waals surface area contributed by atoms with Crippen LogP contribution < -0.4 is 10.5 Å². The van der Waals surface area contributed by atoms with Gasteiger partial charge in [0.2, 0.25) is 15.9 Å². The molecule has 0 fully saturated rings. The summed E-state index contributed by atoms with van der Waals surface area (Å²) >= 11 is 0. The van der Waals surface area contributed by atoms with Gasteiger partial charge in [0, 0.05) is 0 Å². The number of rotatable bonds is 6. The summed E-state index contributed by atoms with van der Waals surface area (Å²) in [5.74, 6) is -3.45. The van der Waals surface area contributed by atoms with Crippen molar-refractivity contribution in [2.45, 2.75) is 37.6 Å². The molecular formula is C13H18F2N2O3S. The lowest BCUT2D eigenvalue weighted by molar-refractivity contribution is -0.123. The molecule has 0 bridgehead atoms. The van der Waals surface area contributed by atoms with Gasteiger partial charge >= 0.3 is 0 Å². The minimum absolute atomic E-state index is 0.0596. The van der Waals surface area contributed by atoms with Gasteiger partial charge in [0.1, 0.15) is 17.2 Å². The first-order chi connectivity index (χ1) is 9.49. The lowest BCUT2D eigenvalue weighted by Gasteiger charge is -2.28. The zero-order chi connectivity index (χ0) is 16.4. The maximum atomic E-state index is 13.6. The van der Waals surface area contributed by atoms with E-state index in [9.17, 15) is 22.0 Å². The number of nitrogens with one attached hydrogen (secondary N) is 1. The number of amides is 1. The van der Waals surface area contributed by atoms with Crippen molar-refractivity contribution in [3.63, 3.8) is 0 Å². The normalized spacial score (nSPS) is 15.0. The summed E-state index contributed by atoms with van der Waals surface area (Å²) in [7, 11) is -4.57. The molecular weight excluding hydrogens is 302 g/mol. The number of sulfonamides is 1. The highest BCUT2D eigenvalue weighted by atomic mass is 32.2. The Labute approximate surface area is 122 Å². The second-order valence-corrected chi connectivity index (χ2v) is 7.07. The standard InChI is InChI=1S/C13H18F2N2O3S/c1-8(2)7-13(3,12(16)18)17-21(19,20)11-9(14)5-4-6-10(11)15/h4-6,8,17H,7H2,1-3H3,(H2,16,18)/t13-/m1/s1. The maximum absolute atomic E-state index is 13.6. The Bertz CT molecular complexity index is 627. The highest BCUT2D eigenvalue weighted by molar-refractivity contribution is 7.89. The second-order valence-electron chi connectivity index (χ2n) is 5.45. The molecule has 0 saturated heterocycles. The number of carbonyl (C=O) groups is 1. The van der Waals surface area contributed by atoms with Crippen LogP contribution in [0.25, 0.3) is 0 Å². The summed E-state index contributed by atoms with van der Waals surface area (Å²) in [6.07, 6.45) is 0.0949. The Morgan fingerprint density at radius 1 is 1.33 bits per heavy atom. The predicted octanol–water partition coefficient (Wildman–Crippen LogP) is 1.53. The van der Waals surface area contributed by atoms with Gasteiger partial charge in [-0.15, -0.1) is 0 Å². The fourth-order valence-electron chi connectivity index (χ4n) is 2.10. The lowest BCUT2D eigenvalue weighted by atomic mass is 9.91. The molecule has 1 atom stereocenters. The number of hydrogen-bond acceptors (Lipinski definition) is 3. The Balaban J connectivity index is 3.28. The van der Waals surface area contributed by atoms with Gasteiger partial charge < -0.3 is 5.73 Å². The van der Waals surface area contributed by atoms with Crippen LogP contribution >= 0.6 is 0 Å². The smallest absolute Gasteiger partial charge is 0.247 e. The van der Waals surface area contributed by atoms with E-state index < -0.39 is 38.0 Å². The summed E-state index contributed by atoms with van der Waals surface area (Å²) in [5.41, 5.74) is 3.59. The van der Waals surface area contributed by atoms with Gasteiger partial charge in [-0.05, 0) is 31.4 Å². The van der Waals surface area contributed by atoms with Gasteiger partial charge in [0.25, 0.3) is 0 Å². The molecule has 1 amide bonds. The average molecular weight is 320 g/mol. The van der Waals surface area contributed by atoms with E-state index in [4.69, 9.17) is 5.73 Å². The van der Waals surface area contributed by atoms with Crippen molar-refractivity contribution in [3.05, 3.63) is 29.8 Å². The molecule has 0 unspecified atom stereocenters. The molecule has 0 heterocycles. The number of carbonyl (C=O) groups excluding carboxylic acids is 1. The van der Waals surface area contributed by atoms with Crippen molar-refractivity contribution < 1.29 is 22.0 Å². The van der Waals surface area contributed by atoms with Crippen LogP contribution in [0.5, 0.6) is 0 Å². The van der Waals surface area contributed by atoms with E-state index in [1.807, 2.05) is 4.72 Å². The molecule has 0 aromatic heterocycles. The summed E-state index contributed by atoms with van der Waals surface area (Å²) in [6.45, 7) is 4.81. The van der Waals surface area contributed by atoms with Crippen molar-refractivity contribution in [2.24, 2.45) is 11.7 Å². The summed E-state index contributed by atoms with van der Waals surface area (Å²) < 4.78 is 53.6. The van der Waals surface area contributed by atoms with Crippen LogP contribution in [-0.4, -0.2) is 19.9 Å². The van der Waals surface area contributed by atoms with E-state index in [1.54, 1.807) is 13.8 Å². The van der Waals surface area contributed by atoms with Gasteiger partial charge in [-0.25, -0.2) is 17.2 Å². The van der Waals surface area contributed by atoms with Crippen LogP contribution in [0.1, 0.15) is 27.2 Å². The number of hydrogen-bond donors (Lipinski definition) is 2. The topological polar surface area (TPSA) is 89.3 Å². The molecule has 21 heavy (non-hydrogen) atoms. The second kappa shape index (κ2) is 6.07. The fraction of sp³-hybridized carbons (Fsp3) is 0.462. The Kier molecular flexibility index (Phi) is 5.06. The zero-order valence-corrected chi connectivity index (χ0v) is 12.8. The number of primary amides is 1. The minimum Gasteiger partial charge on any atom is -0.368 e. The van der Waals surface area contributed by atoms with Crippen LogP contribution in [0.3, 0.4) is 0 Å². The fourth-order valence-corrected chi connectivity index (χ4v) is 3.62. The van der Waals surface area contributed by atoms with E-state index in [0.29, 0.717) is 0 Å². The van der Waals surface area contributed by atoms with Crippen LogP contribution in [0.2, 0.25) is 0 Å². The minimum atomic E-state index is -4.57. The van der Waals surface area contributed by atoms with Crippen molar-refractivity contribution in [3.8, 4) is 0 Å². The summed E-state index contributed by atoms with van der Waals surface area (Å²) in [6, 6.07) is 2.69. The van der Waals surface area contributed by atoms with Crippen molar-refractivity contribution in [1.82, 2.24) is 4.72 Å². The quantitative estimate of drug-likeness (QED) is 0.833. The highest BCUT2D eigenvalue weighted by Gasteiger charge is 2.38. The number of benzene rings is 1. The van der Waals surface area contributed by atoms with E-state index >= 15 is 0 Å². The average Bonchev–Trinajstić information content (AvgIpc) is 2.25. The Morgan fingerprint density at radius 3 is 2.19 bits per heavy atom.